The van der Waals surface area contributed by atoms with Gasteiger partial charge in [-0.1, -0.05) is 0 Å². The van der Waals surface area contributed by atoms with Crippen molar-refractivity contribution in [3.05, 3.63) is 11.8 Å². The van der Waals surface area contributed by atoms with Crippen molar-refractivity contribution >= 4 is 11.9 Å². The van der Waals surface area contributed by atoms with Gasteiger partial charge in [0.15, 0.2) is 0 Å². The quantitative estimate of drug-likeness (QED) is 0.657. The summed E-state index contributed by atoms with van der Waals surface area (Å²) in [6.07, 6.45) is 2.28. The third-order valence-corrected chi connectivity index (χ3v) is 2.71. The van der Waals surface area contributed by atoms with Crippen LogP contribution in [0.25, 0.3) is 0 Å². The minimum Gasteiger partial charge on any atom is -0.426 e. The van der Waals surface area contributed by atoms with Gasteiger partial charge in [-0.15, -0.1) is 0 Å². The first-order valence-electron chi connectivity index (χ1n) is 5.78. The van der Waals surface area contributed by atoms with E-state index < -0.39 is 12.3 Å². The van der Waals surface area contributed by atoms with Crippen LogP contribution in [0.4, 0.5) is 0 Å². The van der Waals surface area contributed by atoms with Crippen LogP contribution in [0, 0.1) is 0 Å². The lowest BCUT2D eigenvalue weighted by atomic mass is 10.2. The average Bonchev–Trinajstić information content (AvgIpc) is 2.89. The SMILES string of the molecule is CCOC1OC(=O)C=C1NC(=O)C1CCCN1. The van der Waals surface area contributed by atoms with Crippen LogP contribution in [0.5, 0.6) is 0 Å². The van der Waals surface area contributed by atoms with Crippen molar-refractivity contribution in [1.82, 2.24) is 10.6 Å². The molecule has 94 valence electrons. The van der Waals surface area contributed by atoms with Crippen LogP contribution < -0.4 is 10.6 Å². The van der Waals surface area contributed by atoms with Crippen LogP contribution in [-0.4, -0.2) is 37.4 Å². The zero-order chi connectivity index (χ0) is 12.3. The second-order valence-electron chi connectivity index (χ2n) is 3.96. The number of rotatable bonds is 4. The highest BCUT2D eigenvalue weighted by Gasteiger charge is 2.30. The molecule has 1 amide bonds. The van der Waals surface area contributed by atoms with Gasteiger partial charge in [-0.05, 0) is 26.3 Å². The Morgan fingerprint density at radius 2 is 2.53 bits per heavy atom. The van der Waals surface area contributed by atoms with E-state index in [1.807, 2.05) is 0 Å². The van der Waals surface area contributed by atoms with E-state index in [0.717, 1.165) is 19.4 Å². The first kappa shape index (κ1) is 12.1. The van der Waals surface area contributed by atoms with Crippen molar-refractivity contribution in [2.24, 2.45) is 0 Å². The number of hydrogen-bond acceptors (Lipinski definition) is 5. The Bertz CT molecular complexity index is 347. The van der Waals surface area contributed by atoms with Gasteiger partial charge in [0.1, 0.15) is 0 Å². The molecule has 0 bridgehead atoms. The highest BCUT2D eigenvalue weighted by Crippen LogP contribution is 2.15. The van der Waals surface area contributed by atoms with Crippen molar-refractivity contribution in [1.29, 1.82) is 0 Å². The van der Waals surface area contributed by atoms with Gasteiger partial charge < -0.3 is 20.1 Å². The van der Waals surface area contributed by atoms with Gasteiger partial charge >= 0.3 is 5.97 Å². The fraction of sp³-hybridized carbons (Fsp3) is 0.636. The molecular weight excluding hydrogens is 224 g/mol. The number of ether oxygens (including phenoxy) is 2. The Balaban J connectivity index is 1.94. The third-order valence-electron chi connectivity index (χ3n) is 2.71. The predicted octanol–water partition coefficient (Wildman–Crippen LogP) is -0.342. The highest BCUT2D eigenvalue weighted by molar-refractivity contribution is 5.89. The van der Waals surface area contributed by atoms with Gasteiger partial charge in [0.2, 0.25) is 12.2 Å². The zero-order valence-electron chi connectivity index (χ0n) is 9.69. The minimum absolute atomic E-state index is 0.142. The number of carbonyl (C=O) groups is 2. The maximum atomic E-state index is 11.8. The Hall–Kier alpha value is -1.40. The fourth-order valence-corrected chi connectivity index (χ4v) is 1.91. The molecule has 1 saturated heterocycles. The molecule has 0 aromatic carbocycles. The summed E-state index contributed by atoms with van der Waals surface area (Å²) in [6, 6.07) is -0.186. The molecule has 0 aromatic heterocycles. The predicted molar refractivity (Wildman–Crippen MR) is 58.8 cm³/mol. The number of hydrogen-bond donors (Lipinski definition) is 2. The topological polar surface area (TPSA) is 76.7 Å². The maximum Gasteiger partial charge on any atom is 0.335 e. The van der Waals surface area contributed by atoms with E-state index in [0.29, 0.717) is 12.3 Å². The van der Waals surface area contributed by atoms with Gasteiger partial charge in [0.05, 0.1) is 11.7 Å². The highest BCUT2D eigenvalue weighted by atomic mass is 16.7. The monoisotopic (exact) mass is 240 g/mol. The van der Waals surface area contributed by atoms with Crippen molar-refractivity contribution in [3.63, 3.8) is 0 Å². The molecule has 0 spiro atoms. The molecule has 0 saturated carbocycles. The van der Waals surface area contributed by atoms with E-state index in [9.17, 15) is 9.59 Å². The molecule has 0 aromatic rings. The van der Waals surface area contributed by atoms with Gasteiger partial charge in [0.25, 0.3) is 0 Å². The summed E-state index contributed by atoms with van der Waals surface area (Å²) >= 11 is 0. The van der Waals surface area contributed by atoms with E-state index in [1.54, 1.807) is 6.92 Å². The van der Waals surface area contributed by atoms with Gasteiger partial charge in [0, 0.05) is 12.7 Å². The fourth-order valence-electron chi connectivity index (χ4n) is 1.91. The summed E-state index contributed by atoms with van der Waals surface area (Å²) in [5.41, 5.74) is 0.385. The number of carbonyl (C=O) groups excluding carboxylic acids is 2. The lowest BCUT2D eigenvalue weighted by Gasteiger charge is -2.16. The molecule has 2 atom stereocenters. The van der Waals surface area contributed by atoms with Crippen molar-refractivity contribution in [2.75, 3.05) is 13.2 Å². The molecule has 2 N–H and O–H groups in total. The standard InChI is InChI=1S/C11H16N2O4/c1-2-16-11-8(6-9(14)17-11)13-10(15)7-4-3-5-12-7/h6-7,11-12H,2-5H2,1H3,(H,13,15). The molecular formula is C11H16N2O4. The Morgan fingerprint density at radius 1 is 1.71 bits per heavy atom. The van der Waals surface area contributed by atoms with Crippen molar-refractivity contribution in [3.8, 4) is 0 Å². The number of esters is 1. The van der Waals surface area contributed by atoms with Crippen LogP contribution in [0.2, 0.25) is 0 Å². The van der Waals surface area contributed by atoms with E-state index >= 15 is 0 Å². The second-order valence-corrected chi connectivity index (χ2v) is 3.96. The summed E-state index contributed by atoms with van der Waals surface area (Å²) in [6.45, 7) is 3.05. The lowest BCUT2D eigenvalue weighted by Crippen LogP contribution is -2.42. The molecule has 6 nitrogen and oxygen atoms in total. The number of amides is 1. The molecule has 0 radical (unpaired) electrons. The molecule has 17 heavy (non-hydrogen) atoms. The largest absolute Gasteiger partial charge is 0.426 e. The zero-order valence-corrected chi connectivity index (χ0v) is 9.69. The summed E-state index contributed by atoms with van der Waals surface area (Å²) in [5.74, 6) is -0.630. The van der Waals surface area contributed by atoms with Crippen molar-refractivity contribution in [2.45, 2.75) is 32.1 Å². The molecule has 2 unspecified atom stereocenters. The molecule has 6 heteroatoms. The van der Waals surface area contributed by atoms with Gasteiger partial charge in [-0.2, -0.15) is 0 Å². The number of nitrogens with one attached hydrogen (secondary N) is 2. The second kappa shape index (κ2) is 5.29. The molecule has 2 aliphatic heterocycles. The van der Waals surface area contributed by atoms with E-state index in [2.05, 4.69) is 10.6 Å². The van der Waals surface area contributed by atoms with Crippen LogP contribution in [0.15, 0.2) is 11.8 Å². The van der Waals surface area contributed by atoms with Crippen LogP contribution in [0.3, 0.4) is 0 Å². The molecule has 2 heterocycles. The van der Waals surface area contributed by atoms with Gasteiger partial charge in [-0.3, -0.25) is 4.79 Å². The van der Waals surface area contributed by atoms with Crippen LogP contribution in [0.1, 0.15) is 19.8 Å². The van der Waals surface area contributed by atoms with E-state index in [1.165, 1.54) is 6.08 Å². The normalized spacial score (nSPS) is 27.8. The summed E-state index contributed by atoms with van der Waals surface area (Å²) < 4.78 is 10.1. The minimum atomic E-state index is -0.780. The summed E-state index contributed by atoms with van der Waals surface area (Å²) in [5, 5.41) is 5.76. The number of cyclic esters (lactones) is 1. The molecule has 0 aliphatic carbocycles. The molecule has 2 aliphatic rings. The first-order valence-corrected chi connectivity index (χ1v) is 5.78. The third kappa shape index (κ3) is 2.83. The summed E-state index contributed by atoms with van der Waals surface area (Å²) in [7, 11) is 0. The Kier molecular flexibility index (Phi) is 3.75. The lowest BCUT2D eigenvalue weighted by molar-refractivity contribution is -0.159. The van der Waals surface area contributed by atoms with Crippen molar-refractivity contribution < 1.29 is 19.1 Å². The summed E-state index contributed by atoms with van der Waals surface area (Å²) in [4.78, 5) is 22.9. The maximum absolute atomic E-state index is 11.8. The Morgan fingerprint density at radius 3 is 3.18 bits per heavy atom. The van der Waals surface area contributed by atoms with E-state index in [-0.39, 0.29) is 11.9 Å². The molecule has 2 rings (SSSR count). The van der Waals surface area contributed by atoms with Crippen LogP contribution >= 0.6 is 0 Å². The smallest absolute Gasteiger partial charge is 0.335 e. The van der Waals surface area contributed by atoms with Crippen LogP contribution in [-0.2, 0) is 19.1 Å². The average molecular weight is 240 g/mol. The van der Waals surface area contributed by atoms with E-state index in [4.69, 9.17) is 9.47 Å². The first-order chi connectivity index (χ1) is 8.20. The molecule has 1 fully saturated rings. The van der Waals surface area contributed by atoms with Gasteiger partial charge in [-0.25, -0.2) is 4.79 Å². The Labute approximate surface area is 99.3 Å².